The van der Waals surface area contributed by atoms with Gasteiger partial charge in [0.1, 0.15) is 11.4 Å². The lowest BCUT2D eigenvalue weighted by Gasteiger charge is -2.34. The van der Waals surface area contributed by atoms with Gasteiger partial charge in [-0.3, -0.25) is 14.5 Å². The van der Waals surface area contributed by atoms with Gasteiger partial charge in [-0.25, -0.2) is 4.39 Å². The predicted molar refractivity (Wildman–Crippen MR) is 124 cm³/mol. The van der Waals surface area contributed by atoms with Gasteiger partial charge < -0.3 is 9.47 Å². The zero-order valence-electron chi connectivity index (χ0n) is 17.9. The molecule has 1 aliphatic rings. The van der Waals surface area contributed by atoms with E-state index in [4.69, 9.17) is 11.6 Å². The Balaban J connectivity index is 1.43. The second kappa shape index (κ2) is 9.67. The van der Waals surface area contributed by atoms with Crippen LogP contribution in [-0.2, 0) is 13.1 Å². The van der Waals surface area contributed by atoms with Crippen molar-refractivity contribution >= 4 is 17.5 Å². The smallest absolute Gasteiger partial charge is 0.263 e. The first-order chi connectivity index (χ1) is 15.4. The van der Waals surface area contributed by atoms with Crippen LogP contribution in [0.2, 0.25) is 5.02 Å². The van der Waals surface area contributed by atoms with Gasteiger partial charge in [0, 0.05) is 49.5 Å². The van der Waals surface area contributed by atoms with Crippen LogP contribution in [0.3, 0.4) is 0 Å². The van der Waals surface area contributed by atoms with Gasteiger partial charge >= 0.3 is 0 Å². The molecular weight excluding hydrogens is 429 g/mol. The van der Waals surface area contributed by atoms with Crippen LogP contribution in [-0.4, -0.2) is 46.5 Å². The average Bonchev–Trinajstić information content (AvgIpc) is 2.78. The molecule has 1 fully saturated rings. The second-order valence-corrected chi connectivity index (χ2v) is 8.52. The molecule has 4 rings (SSSR count). The summed E-state index contributed by atoms with van der Waals surface area (Å²) in [6.07, 6.45) is 1.71. The highest BCUT2D eigenvalue weighted by Gasteiger charge is 2.25. The van der Waals surface area contributed by atoms with E-state index in [0.29, 0.717) is 49.9 Å². The summed E-state index contributed by atoms with van der Waals surface area (Å²) in [6.45, 7) is 4.92. The maximum absolute atomic E-state index is 14.1. The van der Waals surface area contributed by atoms with E-state index in [9.17, 15) is 14.0 Å². The lowest BCUT2D eigenvalue weighted by Crippen LogP contribution is -2.49. The Kier molecular flexibility index (Phi) is 6.72. The van der Waals surface area contributed by atoms with E-state index in [1.165, 1.54) is 6.07 Å². The number of nitrogens with zero attached hydrogens (tertiary/aromatic N) is 3. The van der Waals surface area contributed by atoms with Crippen LogP contribution in [0.1, 0.15) is 27.0 Å². The van der Waals surface area contributed by atoms with Gasteiger partial charge in [0.05, 0.1) is 6.54 Å². The molecule has 1 saturated heterocycles. The molecule has 0 N–H and O–H groups in total. The number of halogens is 2. The number of hydrogen-bond acceptors (Lipinski definition) is 3. The number of piperazine rings is 1. The van der Waals surface area contributed by atoms with Crippen molar-refractivity contribution in [1.82, 2.24) is 14.4 Å². The Hall–Kier alpha value is -2.96. The zero-order chi connectivity index (χ0) is 22.7. The molecule has 5 nitrogen and oxygen atoms in total. The number of carbonyl (C=O) groups excluding carboxylic acids is 1. The molecule has 0 unspecified atom stereocenters. The van der Waals surface area contributed by atoms with E-state index in [1.54, 1.807) is 39.9 Å². The normalized spacial score (nSPS) is 14.5. The third kappa shape index (κ3) is 4.92. The topological polar surface area (TPSA) is 45.6 Å². The van der Waals surface area contributed by atoms with E-state index >= 15 is 0 Å². The SMILES string of the molecule is Cc1cccc(Cn2cccc(C(=O)N3CCN(Cc4c(F)cccc4Cl)CC3)c2=O)c1. The molecule has 2 heterocycles. The molecule has 1 aromatic heterocycles. The van der Waals surface area contributed by atoms with Crippen LogP contribution in [0.5, 0.6) is 0 Å². The van der Waals surface area contributed by atoms with Gasteiger partial charge in [0.15, 0.2) is 0 Å². The van der Waals surface area contributed by atoms with Crippen molar-refractivity contribution in [3.05, 3.63) is 104 Å². The fourth-order valence-electron chi connectivity index (χ4n) is 4.02. The van der Waals surface area contributed by atoms with Crippen LogP contribution >= 0.6 is 11.6 Å². The van der Waals surface area contributed by atoms with Crippen molar-refractivity contribution in [2.75, 3.05) is 26.2 Å². The van der Waals surface area contributed by atoms with Crippen LogP contribution < -0.4 is 5.56 Å². The molecule has 3 aromatic rings. The summed E-state index contributed by atoms with van der Waals surface area (Å²) in [5, 5.41) is 0.405. The first-order valence-electron chi connectivity index (χ1n) is 10.6. The number of benzene rings is 2. The Morgan fingerprint density at radius 1 is 1.00 bits per heavy atom. The van der Waals surface area contributed by atoms with E-state index in [0.717, 1.165) is 11.1 Å². The van der Waals surface area contributed by atoms with Gasteiger partial charge in [0.25, 0.3) is 11.5 Å². The number of amides is 1. The monoisotopic (exact) mass is 453 g/mol. The van der Waals surface area contributed by atoms with Gasteiger partial charge in [-0.15, -0.1) is 0 Å². The van der Waals surface area contributed by atoms with E-state index < -0.39 is 0 Å². The quantitative estimate of drug-likeness (QED) is 0.587. The third-order valence-corrected chi connectivity index (χ3v) is 6.14. The number of hydrogen-bond donors (Lipinski definition) is 0. The van der Waals surface area contributed by atoms with Crippen LogP contribution in [0.25, 0.3) is 0 Å². The number of rotatable bonds is 5. The van der Waals surface area contributed by atoms with Crippen molar-refractivity contribution in [2.45, 2.75) is 20.0 Å². The number of pyridine rings is 1. The molecule has 0 radical (unpaired) electrons. The molecule has 0 saturated carbocycles. The summed E-state index contributed by atoms with van der Waals surface area (Å²) in [6, 6.07) is 15.9. The van der Waals surface area contributed by atoms with E-state index in [-0.39, 0.29) is 22.8 Å². The average molecular weight is 454 g/mol. The van der Waals surface area contributed by atoms with Crippen molar-refractivity contribution in [3.8, 4) is 0 Å². The minimum atomic E-state index is -0.325. The number of aryl methyl sites for hydroxylation is 1. The Morgan fingerprint density at radius 3 is 2.47 bits per heavy atom. The molecule has 0 aliphatic carbocycles. The summed E-state index contributed by atoms with van der Waals surface area (Å²) in [7, 11) is 0. The maximum Gasteiger partial charge on any atom is 0.263 e. The molecular formula is C25H25ClFN3O2. The summed E-state index contributed by atoms with van der Waals surface area (Å²) in [5.41, 5.74) is 2.48. The molecule has 0 atom stereocenters. The van der Waals surface area contributed by atoms with Crippen molar-refractivity contribution in [3.63, 3.8) is 0 Å². The zero-order valence-corrected chi connectivity index (χ0v) is 18.7. The first-order valence-corrected chi connectivity index (χ1v) is 11.0. The Morgan fingerprint density at radius 2 is 1.75 bits per heavy atom. The molecule has 1 amide bonds. The van der Waals surface area contributed by atoms with Gasteiger partial charge in [-0.2, -0.15) is 0 Å². The highest BCUT2D eigenvalue weighted by molar-refractivity contribution is 6.31. The Bertz CT molecular complexity index is 1170. The number of aromatic nitrogens is 1. The highest BCUT2D eigenvalue weighted by Crippen LogP contribution is 2.21. The minimum absolute atomic E-state index is 0.172. The first kappa shape index (κ1) is 22.2. The summed E-state index contributed by atoms with van der Waals surface area (Å²) >= 11 is 6.14. The van der Waals surface area contributed by atoms with Crippen molar-refractivity contribution in [1.29, 1.82) is 0 Å². The number of carbonyl (C=O) groups is 1. The molecule has 0 spiro atoms. The molecule has 32 heavy (non-hydrogen) atoms. The van der Waals surface area contributed by atoms with E-state index in [1.807, 2.05) is 31.2 Å². The molecule has 2 aromatic carbocycles. The third-order valence-electron chi connectivity index (χ3n) is 5.79. The minimum Gasteiger partial charge on any atom is -0.336 e. The maximum atomic E-state index is 14.1. The van der Waals surface area contributed by atoms with Gasteiger partial charge in [-0.05, 0) is 36.8 Å². The highest BCUT2D eigenvalue weighted by atomic mass is 35.5. The molecule has 166 valence electrons. The van der Waals surface area contributed by atoms with Crippen LogP contribution in [0, 0.1) is 12.7 Å². The molecule has 1 aliphatic heterocycles. The summed E-state index contributed by atoms with van der Waals surface area (Å²) in [4.78, 5) is 29.8. The Labute approximate surface area is 191 Å². The van der Waals surface area contributed by atoms with Crippen LogP contribution in [0.15, 0.2) is 65.6 Å². The van der Waals surface area contributed by atoms with E-state index in [2.05, 4.69) is 4.90 Å². The molecule has 7 heteroatoms. The second-order valence-electron chi connectivity index (χ2n) is 8.11. The fraction of sp³-hybridized carbons (Fsp3) is 0.280. The van der Waals surface area contributed by atoms with Crippen molar-refractivity contribution < 1.29 is 9.18 Å². The van der Waals surface area contributed by atoms with Gasteiger partial charge in [-0.1, -0.05) is 47.5 Å². The lowest BCUT2D eigenvalue weighted by molar-refractivity contribution is 0.0624. The largest absolute Gasteiger partial charge is 0.336 e. The predicted octanol–water partition coefficient (Wildman–Crippen LogP) is 3.96. The fourth-order valence-corrected chi connectivity index (χ4v) is 4.24. The summed E-state index contributed by atoms with van der Waals surface area (Å²) < 4.78 is 15.6. The van der Waals surface area contributed by atoms with Crippen LogP contribution in [0.4, 0.5) is 4.39 Å². The van der Waals surface area contributed by atoms with Crippen molar-refractivity contribution in [2.24, 2.45) is 0 Å². The standard InChI is InChI=1S/C25H25ClFN3O2/c1-18-5-2-6-19(15-18)16-30-10-4-7-20(25(30)32)24(31)29-13-11-28(12-14-29)17-21-22(26)8-3-9-23(21)27/h2-10,15H,11-14,16-17H2,1H3. The van der Waals surface area contributed by atoms with Gasteiger partial charge in [0.2, 0.25) is 0 Å². The summed E-state index contributed by atoms with van der Waals surface area (Å²) in [5.74, 6) is -0.591. The molecule has 0 bridgehead atoms. The lowest BCUT2D eigenvalue weighted by atomic mass is 10.1.